The Balaban J connectivity index is 1.60. The highest BCUT2D eigenvalue weighted by atomic mass is 16.1. The number of rotatable bonds is 10. The fourth-order valence-corrected chi connectivity index (χ4v) is 4.47. The van der Waals surface area contributed by atoms with Crippen LogP contribution in [-0.4, -0.2) is 5.78 Å². The van der Waals surface area contributed by atoms with Gasteiger partial charge in [-0.3, -0.25) is 4.79 Å². The summed E-state index contributed by atoms with van der Waals surface area (Å²) in [5, 5.41) is 0. The second-order valence-corrected chi connectivity index (χ2v) is 8.38. The van der Waals surface area contributed by atoms with Gasteiger partial charge in [0.25, 0.3) is 0 Å². The third kappa shape index (κ3) is 5.82. The maximum Gasteiger partial charge on any atom is 0.147 e. The van der Waals surface area contributed by atoms with E-state index in [1.807, 2.05) is 48.5 Å². The molecule has 0 aliphatic carbocycles. The van der Waals surface area contributed by atoms with Crippen LogP contribution in [0.2, 0.25) is 0 Å². The molecule has 32 heavy (non-hydrogen) atoms. The van der Waals surface area contributed by atoms with Crippen LogP contribution in [0.25, 0.3) is 0 Å². The van der Waals surface area contributed by atoms with E-state index in [4.69, 9.17) is 0 Å². The molecule has 2 unspecified atom stereocenters. The minimum absolute atomic E-state index is 0.114. The van der Waals surface area contributed by atoms with E-state index in [9.17, 15) is 4.79 Å². The van der Waals surface area contributed by atoms with Crippen LogP contribution in [0.4, 0.5) is 0 Å². The Hall–Kier alpha value is -3.45. The van der Waals surface area contributed by atoms with E-state index in [0.717, 1.165) is 36.8 Å². The van der Waals surface area contributed by atoms with Crippen LogP contribution >= 0.6 is 0 Å². The Morgan fingerprint density at radius 2 is 0.781 bits per heavy atom. The number of ketones is 1. The lowest BCUT2D eigenvalue weighted by atomic mass is 9.78. The van der Waals surface area contributed by atoms with Gasteiger partial charge in [0.05, 0.1) is 0 Å². The molecule has 4 rings (SSSR count). The van der Waals surface area contributed by atoms with E-state index in [1.165, 1.54) is 11.1 Å². The second kappa shape index (κ2) is 11.2. The van der Waals surface area contributed by atoms with E-state index < -0.39 is 0 Å². The van der Waals surface area contributed by atoms with Crippen LogP contribution in [-0.2, 0) is 17.6 Å². The summed E-state index contributed by atoms with van der Waals surface area (Å²) < 4.78 is 0. The average Bonchev–Trinajstić information content (AvgIpc) is 2.87. The summed E-state index contributed by atoms with van der Waals surface area (Å²) >= 11 is 0. The summed E-state index contributed by atoms with van der Waals surface area (Å²) in [6.45, 7) is 0. The summed E-state index contributed by atoms with van der Waals surface area (Å²) in [6.07, 6.45) is 3.43. The average molecular weight is 419 g/mol. The van der Waals surface area contributed by atoms with Crippen molar-refractivity contribution in [2.24, 2.45) is 0 Å². The van der Waals surface area contributed by atoms with Gasteiger partial charge in [-0.25, -0.2) is 0 Å². The summed E-state index contributed by atoms with van der Waals surface area (Å²) in [4.78, 5) is 14.1. The van der Waals surface area contributed by atoms with E-state index >= 15 is 0 Å². The van der Waals surface area contributed by atoms with Crippen molar-refractivity contribution in [2.45, 2.75) is 37.5 Å². The number of benzene rings is 4. The standard InChI is InChI=1S/C31H30O/c32-31(29(27-17-9-3-10-18-27)23-21-25-13-5-1-6-14-25)30(28-19-11-4-12-20-28)24-22-26-15-7-2-8-16-26/h1-20,29-30H,21-24H2. The molecule has 160 valence electrons. The molecule has 0 amide bonds. The fraction of sp³-hybridized carbons (Fsp3) is 0.194. The zero-order valence-electron chi connectivity index (χ0n) is 18.4. The summed E-state index contributed by atoms with van der Waals surface area (Å²) in [6, 6.07) is 41.6. The molecule has 0 N–H and O–H groups in total. The smallest absolute Gasteiger partial charge is 0.147 e. The normalized spacial score (nSPS) is 12.8. The Morgan fingerprint density at radius 3 is 1.12 bits per heavy atom. The Kier molecular flexibility index (Phi) is 7.65. The number of hydrogen-bond acceptors (Lipinski definition) is 1. The van der Waals surface area contributed by atoms with Crippen LogP contribution in [0, 0.1) is 0 Å². The lowest BCUT2D eigenvalue weighted by Gasteiger charge is -2.24. The van der Waals surface area contributed by atoms with Gasteiger partial charge in [0, 0.05) is 11.8 Å². The van der Waals surface area contributed by atoms with Crippen molar-refractivity contribution in [3.8, 4) is 0 Å². The molecule has 2 atom stereocenters. The molecule has 0 radical (unpaired) electrons. The first-order valence-corrected chi connectivity index (χ1v) is 11.5. The topological polar surface area (TPSA) is 17.1 Å². The lowest BCUT2D eigenvalue weighted by Crippen LogP contribution is -2.22. The molecule has 1 nitrogen and oxygen atoms in total. The first-order valence-electron chi connectivity index (χ1n) is 11.5. The van der Waals surface area contributed by atoms with E-state index in [0.29, 0.717) is 5.78 Å². The second-order valence-electron chi connectivity index (χ2n) is 8.38. The third-order valence-corrected chi connectivity index (χ3v) is 6.22. The quantitative estimate of drug-likeness (QED) is 0.262. The minimum Gasteiger partial charge on any atom is -0.298 e. The van der Waals surface area contributed by atoms with Gasteiger partial charge >= 0.3 is 0 Å². The number of carbonyl (C=O) groups excluding carboxylic acids is 1. The zero-order valence-corrected chi connectivity index (χ0v) is 18.4. The van der Waals surface area contributed by atoms with E-state index in [-0.39, 0.29) is 11.8 Å². The number of aryl methyl sites for hydroxylation is 2. The van der Waals surface area contributed by atoms with Gasteiger partial charge in [-0.1, -0.05) is 121 Å². The van der Waals surface area contributed by atoms with Gasteiger partial charge in [0.2, 0.25) is 0 Å². The molecule has 0 bridgehead atoms. The van der Waals surface area contributed by atoms with Crippen molar-refractivity contribution in [3.05, 3.63) is 144 Å². The highest BCUT2D eigenvalue weighted by Gasteiger charge is 2.29. The van der Waals surface area contributed by atoms with Crippen molar-refractivity contribution >= 4 is 5.78 Å². The van der Waals surface area contributed by atoms with Gasteiger partial charge in [-0.2, -0.15) is 0 Å². The number of carbonyl (C=O) groups is 1. The van der Waals surface area contributed by atoms with Crippen molar-refractivity contribution in [1.29, 1.82) is 0 Å². The van der Waals surface area contributed by atoms with Crippen LogP contribution in [0.1, 0.15) is 46.9 Å². The summed E-state index contributed by atoms with van der Waals surface area (Å²) in [5.74, 6) is 0.101. The van der Waals surface area contributed by atoms with Crippen molar-refractivity contribution in [2.75, 3.05) is 0 Å². The summed E-state index contributed by atoms with van der Waals surface area (Å²) in [5.41, 5.74) is 4.80. The molecule has 4 aromatic rings. The summed E-state index contributed by atoms with van der Waals surface area (Å²) in [7, 11) is 0. The van der Waals surface area contributed by atoms with Crippen LogP contribution in [0.5, 0.6) is 0 Å². The molecule has 0 aliphatic rings. The third-order valence-electron chi connectivity index (χ3n) is 6.22. The largest absolute Gasteiger partial charge is 0.298 e. The maximum atomic E-state index is 14.1. The van der Waals surface area contributed by atoms with Crippen LogP contribution < -0.4 is 0 Å². The van der Waals surface area contributed by atoms with Crippen molar-refractivity contribution in [3.63, 3.8) is 0 Å². The Labute approximate surface area is 191 Å². The molecule has 0 heterocycles. The molecule has 0 saturated heterocycles. The van der Waals surface area contributed by atoms with Crippen LogP contribution in [0.3, 0.4) is 0 Å². The molecule has 1 heteroatoms. The molecule has 0 aliphatic heterocycles. The highest BCUT2D eigenvalue weighted by Crippen LogP contribution is 2.33. The van der Waals surface area contributed by atoms with Gasteiger partial charge < -0.3 is 0 Å². The molecule has 4 aromatic carbocycles. The lowest BCUT2D eigenvalue weighted by molar-refractivity contribution is -0.122. The van der Waals surface area contributed by atoms with Gasteiger partial charge in [-0.05, 0) is 47.9 Å². The zero-order chi connectivity index (χ0) is 22.0. The first kappa shape index (κ1) is 21.8. The van der Waals surface area contributed by atoms with E-state index in [1.54, 1.807) is 0 Å². The molecule has 0 saturated carbocycles. The SMILES string of the molecule is O=C(C(CCc1ccccc1)c1ccccc1)C(CCc1ccccc1)c1ccccc1. The Bertz CT molecular complexity index is 983. The van der Waals surface area contributed by atoms with Crippen LogP contribution in [0.15, 0.2) is 121 Å². The minimum atomic E-state index is -0.114. The number of Topliss-reactive ketones (excluding diaryl/α,β-unsaturated/α-hetero) is 1. The molecular weight excluding hydrogens is 388 g/mol. The number of hydrogen-bond donors (Lipinski definition) is 0. The van der Waals surface area contributed by atoms with Crippen molar-refractivity contribution < 1.29 is 4.79 Å². The molecule has 0 fully saturated rings. The van der Waals surface area contributed by atoms with Gasteiger partial charge in [0.1, 0.15) is 5.78 Å². The molecule has 0 spiro atoms. The van der Waals surface area contributed by atoms with E-state index in [2.05, 4.69) is 72.8 Å². The van der Waals surface area contributed by atoms with Gasteiger partial charge in [0.15, 0.2) is 0 Å². The Morgan fingerprint density at radius 1 is 0.469 bits per heavy atom. The highest BCUT2D eigenvalue weighted by molar-refractivity contribution is 5.91. The maximum absolute atomic E-state index is 14.1. The molecular formula is C31H30O. The van der Waals surface area contributed by atoms with Gasteiger partial charge in [-0.15, -0.1) is 0 Å². The predicted octanol–water partition coefficient (Wildman–Crippen LogP) is 7.39. The monoisotopic (exact) mass is 418 g/mol. The van der Waals surface area contributed by atoms with Crippen molar-refractivity contribution in [1.82, 2.24) is 0 Å². The fourth-order valence-electron chi connectivity index (χ4n) is 4.47. The molecule has 0 aromatic heterocycles. The predicted molar refractivity (Wildman–Crippen MR) is 133 cm³/mol. The first-order chi connectivity index (χ1) is 15.8.